The second-order valence-corrected chi connectivity index (χ2v) is 6.97. The van der Waals surface area contributed by atoms with Gasteiger partial charge in [-0.15, -0.1) is 0 Å². The normalized spacial score (nSPS) is 36.5. The second kappa shape index (κ2) is 5.89. The maximum Gasteiger partial charge on any atom is 0.0700 e. The largest absolute Gasteiger partial charge is 0.394 e. The van der Waals surface area contributed by atoms with Crippen molar-refractivity contribution in [3.8, 4) is 0 Å². The van der Waals surface area contributed by atoms with Crippen LogP contribution in [-0.2, 0) is 4.74 Å². The zero-order chi connectivity index (χ0) is 13.1. The third kappa shape index (κ3) is 3.69. The first-order valence-corrected chi connectivity index (χ1v) is 7.53. The molecular formula is C15H29NO2. The number of aliphatic hydroxyl groups excluding tert-OH is 1. The van der Waals surface area contributed by atoms with E-state index in [4.69, 9.17) is 4.74 Å². The first kappa shape index (κ1) is 14.3. The van der Waals surface area contributed by atoms with Gasteiger partial charge in [0.25, 0.3) is 0 Å². The molecule has 2 unspecified atom stereocenters. The zero-order valence-corrected chi connectivity index (χ0v) is 12.0. The molecule has 2 N–H and O–H groups in total. The predicted molar refractivity (Wildman–Crippen MR) is 73.7 cm³/mol. The fourth-order valence-electron chi connectivity index (χ4n) is 3.26. The lowest BCUT2D eigenvalue weighted by Crippen LogP contribution is -2.50. The molecule has 0 spiro atoms. The van der Waals surface area contributed by atoms with Gasteiger partial charge in [-0.1, -0.05) is 20.3 Å². The summed E-state index contributed by atoms with van der Waals surface area (Å²) < 4.78 is 5.66. The van der Waals surface area contributed by atoms with Gasteiger partial charge in [-0.3, -0.25) is 0 Å². The summed E-state index contributed by atoms with van der Waals surface area (Å²) in [6.45, 7) is 6.77. The SMILES string of the molecule is CC1(C)CCCC(CO)(NCC2CCCO2)CC1. The topological polar surface area (TPSA) is 41.5 Å². The summed E-state index contributed by atoms with van der Waals surface area (Å²) in [4.78, 5) is 0. The van der Waals surface area contributed by atoms with Gasteiger partial charge >= 0.3 is 0 Å². The summed E-state index contributed by atoms with van der Waals surface area (Å²) in [6, 6.07) is 0. The molecule has 0 aromatic rings. The molecule has 0 bridgehead atoms. The summed E-state index contributed by atoms with van der Waals surface area (Å²) in [5.74, 6) is 0. The molecule has 106 valence electrons. The van der Waals surface area contributed by atoms with E-state index in [1.807, 2.05) is 0 Å². The standard InChI is InChI=1S/C15H29NO2/c1-14(2)6-4-7-15(12-17,9-8-14)16-11-13-5-3-10-18-13/h13,16-17H,3-12H2,1-2H3. The highest BCUT2D eigenvalue weighted by molar-refractivity contribution is 4.93. The lowest BCUT2D eigenvalue weighted by Gasteiger charge is -2.34. The van der Waals surface area contributed by atoms with Gasteiger partial charge in [-0.2, -0.15) is 0 Å². The Kier molecular flexibility index (Phi) is 4.68. The van der Waals surface area contributed by atoms with Crippen LogP contribution >= 0.6 is 0 Å². The summed E-state index contributed by atoms with van der Waals surface area (Å²) in [5, 5.41) is 13.4. The number of aliphatic hydroxyl groups is 1. The van der Waals surface area contributed by atoms with Gasteiger partial charge in [0.1, 0.15) is 0 Å². The fourth-order valence-corrected chi connectivity index (χ4v) is 3.26. The van der Waals surface area contributed by atoms with Crippen LogP contribution in [0.1, 0.15) is 58.8 Å². The maximum absolute atomic E-state index is 9.81. The number of hydrogen-bond donors (Lipinski definition) is 2. The molecule has 0 aromatic heterocycles. The van der Waals surface area contributed by atoms with Gasteiger partial charge < -0.3 is 15.2 Å². The van der Waals surface area contributed by atoms with Crippen LogP contribution in [0.25, 0.3) is 0 Å². The van der Waals surface area contributed by atoms with Crippen molar-refractivity contribution in [3.63, 3.8) is 0 Å². The van der Waals surface area contributed by atoms with E-state index in [0.717, 1.165) is 26.0 Å². The Morgan fingerprint density at radius 2 is 2.00 bits per heavy atom. The molecule has 1 aliphatic carbocycles. The minimum Gasteiger partial charge on any atom is -0.394 e. The Morgan fingerprint density at radius 3 is 2.67 bits per heavy atom. The minimum atomic E-state index is -0.0558. The van der Waals surface area contributed by atoms with Crippen molar-refractivity contribution in [3.05, 3.63) is 0 Å². The molecule has 1 heterocycles. The van der Waals surface area contributed by atoms with Crippen molar-refractivity contribution in [2.75, 3.05) is 19.8 Å². The average Bonchev–Trinajstić information content (AvgIpc) is 2.80. The molecule has 2 aliphatic rings. The molecule has 18 heavy (non-hydrogen) atoms. The summed E-state index contributed by atoms with van der Waals surface area (Å²) >= 11 is 0. The van der Waals surface area contributed by atoms with Crippen LogP contribution in [0.3, 0.4) is 0 Å². The number of ether oxygens (including phenoxy) is 1. The van der Waals surface area contributed by atoms with Crippen LogP contribution < -0.4 is 5.32 Å². The van der Waals surface area contributed by atoms with Crippen LogP contribution in [-0.4, -0.2) is 36.5 Å². The van der Waals surface area contributed by atoms with Crippen molar-refractivity contribution < 1.29 is 9.84 Å². The van der Waals surface area contributed by atoms with E-state index in [1.165, 1.54) is 32.1 Å². The molecule has 1 saturated carbocycles. The third-order valence-electron chi connectivity index (χ3n) is 4.82. The van der Waals surface area contributed by atoms with Gasteiger partial charge in [0.15, 0.2) is 0 Å². The zero-order valence-electron chi connectivity index (χ0n) is 12.0. The van der Waals surface area contributed by atoms with E-state index in [1.54, 1.807) is 0 Å². The smallest absolute Gasteiger partial charge is 0.0700 e. The van der Waals surface area contributed by atoms with Gasteiger partial charge in [0, 0.05) is 18.7 Å². The Hall–Kier alpha value is -0.120. The van der Waals surface area contributed by atoms with Crippen molar-refractivity contribution in [1.29, 1.82) is 0 Å². The molecule has 0 aromatic carbocycles. The van der Waals surface area contributed by atoms with Crippen LogP contribution in [0.5, 0.6) is 0 Å². The Bertz CT molecular complexity index is 261. The molecule has 2 atom stereocenters. The maximum atomic E-state index is 9.81. The van der Waals surface area contributed by atoms with Crippen LogP contribution in [0.4, 0.5) is 0 Å². The van der Waals surface area contributed by atoms with Crippen LogP contribution in [0, 0.1) is 5.41 Å². The third-order valence-corrected chi connectivity index (χ3v) is 4.82. The lowest BCUT2D eigenvalue weighted by atomic mass is 9.83. The van der Waals surface area contributed by atoms with E-state index < -0.39 is 0 Å². The van der Waals surface area contributed by atoms with Crippen molar-refractivity contribution >= 4 is 0 Å². The van der Waals surface area contributed by atoms with Crippen LogP contribution in [0.15, 0.2) is 0 Å². The minimum absolute atomic E-state index is 0.0558. The fraction of sp³-hybridized carbons (Fsp3) is 1.00. The van der Waals surface area contributed by atoms with E-state index in [9.17, 15) is 5.11 Å². The molecule has 2 fully saturated rings. The monoisotopic (exact) mass is 255 g/mol. The van der Waals surface area contributed by atoms with Gasteiger partial charge in [-0.25, -0.2) is 0 Å². The Labute approximate surface area is 111 Å². The molecule has 3 nitrogen and oxygen atoms in total. The highest BCUT2D eigenvalue weighted by Gasteiger charge is 2.35. The van der Waals surface area contributed by atoms with Gasteiger partial charge in [0.2, 0.25) is 0 Å². The highest BCUT2D eigenvalue weighted by Crippen LogP contribution is 2.38. The number of hydrogen-bond acceptors (Lipinski definition) is 3. The summed E-state index contributed by atoms with van der Waals surface area (Å²) in [6.07, 6.45) is 8.59. The summed E-state index contributed by atoms with van der Waals surface area (Å²) in [5.41, 5.74) is 0.377. The Balaban J connectivity index is 1.88. The number of nitrogens with one attached hydrogen (secondary N) is 1. The molecule has 3 heteroatoms. The van der Waals surface area contributed by atoms with E-state index in [-0.39, 0.29) is 12.1 Å². The highest BCUT2D eigenvalue weighted by atomic mass is 16.5. The second-order valence-electron chi connectivity index (χ2n) is 6.97. The van der Waals surface area contributed by atoms with E-state index in [2.05, 4.69) is 19.2 Å². The average molecular weight is 255 g/mol. The van der Waals surface area contributed by atoms with Crippen molar-refractivity contribution in [2.45, 2.75) is 70.4 Å². The van der Waals surface area contributed by atoms with E-state index >= 15 is 0 Å². The first-order chi connectivity index (χ1) is 8.55. The first-order valence-electron chi connectivity index (χ1n) is 7.53. The predicted octanol–water partition coefficient (Wildman–Crippen LogP) is 2.48. The van der Waals surface area contributed by atoms with Crippen molar-refractivity contribution in [1.82, 2.24) is 5.32 Å². The number of rotatable bonds is 4. The molecule has 2 rings (SSSR count). The molecule has 0 amide bonds. The Morgan fingerprint density at radius 1 is 1.17 bits per heavy atom. The molecule has 1 aliphatic heterocycles. The van der Waals surface area contributed by atoms with Crippen LogP contribution in [0.2, 0.25) is 0 Å². The lowest BCUT2D eigenvalue weighted by molar-refractivity contribution is 0.0818. The molecule has 0 radical (unpaired) electrons. The van der Waals surface area contributed by atoms with E-state index in [0.29, 0.717) is 11.5 Å². The van der Waals surface area contributed by atoms with Gasteiger partial charge in [-0.05, 0) is 43.9 Å². The van der Waals surface area contributed by atoms with Gasteiger partial charge in [0.05, 0.1) is 12.7 Å². The molecule has 1 saturated heterocycles. The molecular weight excluding hydrogens is 226 g/mol. The quantitative estimate of drug-likeness (QED) is 0.758. The van der Waals surface area contributed by atoms with Crippen molar-refractivity contribution in [2.24, 2.45) is 5.41 Å². The summed E-state index contributed by atoms with van der Waals surface area (Å²) in [7, 11) is 0.